The molecule has 1 aromatic rings. The number of amides is 1. The average Bonchev–Trinajstić information content (AvgIpc) is 2.47. The van der Waals surface area contributed by atoms with Gasteiger partial charge in [-0.15, -0.1) is 0 Å². The van der Waals surface area contributed by atoms with Crippen LogP contribution in [0.5, 0.6) is 0 Å². The number of benzene rings is 1. The highest BCUT2D eigenvalue weighted by Crippen LogP contribution is 2.15. The molecular weight excluding hydrogens is 298 g/mol. The molecule has 0 aliphatic carbocycles. The van der Waals surface area contributed by atoms with Crippen molar-refractivity contribution >= 4 is 19.9 Å². The zero-order valence-corrected chi connectivity index (χ0v) is 15.1. The molecule has 6 heteroatoms. The van der Waals surface area contributed by atoms with Crippen LogP contribution in [0.15, 0.2) is 24.3 Å². The lowest BCUT2D eigenvalue weighted by atomic mass is 10.1. The molecule has 5 nitrogen and oxygen atoms in total. The maximum absolute atomic E-state index is 11.1. The van der Waals surface area contributed by atoms with Gasteiger partial charge in [0.1, 0.15) is 0 Å². The topological polar surface area (TPSA) is 56.8 Å². The SMILES string of the molecule is CCO[Si](OCC)(OCC)c1ccc([C@H](C)NC(C)=O)cc1. The van der Waals surface area contributed by atoms with Crippen molar-refractivity contribution in [3.63, 3.8) is 0 Å². The second-order valence-corrected chi connectivity index (χ2v) is 7.46. The molecule has 0 heterocycles. The molecule has 0 saturated carbocycles. The first kappa shape index (κ1) is 18.8. The van der Waals surface area contributed by atoms with Gasteiger partial charge in [0.15, 0.2) is 0 Å². The highest BCUT2D eigenvalue weighted by Gasteiger charge is 2.43. The zero-order chi connectivity index (χ0) is 16.6. The zero-order valence-electron chi connectivity index (χ0n) is 14.1. The van der Waals surface area contributed by atoms with Gasteiger partial charge < -0.3 is 18.6 Å². The third-order valence-electron chi connectivity index (χ3n) is 3.19. The van der Waals surface area contributed by atoms with Crippen LogP contribution < -0.4 is 10.5 Å². The molecule has 1 atom stereocenters. The van der Waals surface area contributed by atoms with Crippen LogP contribution in [0.4, 0.5) is 0 Å². The normalized spacial score (nSPS) is 13.0. The Balaban J connectivity index is 3.03. The number of hydrogen-bond donors (Lipinski definition) is 1. The molecule has 0 spiro atoms. The van der Waals surface area contributed by atoms with E-state index in [9.17, 15) is 4.79 Å². The second-order valence-electron chi connectivity index (χ2n) is 4.90. The third kappa shape index (κ3) is 4.91. The molecule has 1 aromatic carbocycles. The first-order valence-electron chi connectivity index (χ1n) is 7.78. The summed E-state index contributed by atoms with van der Waals surface area (Å²) in [7, 11) is -2.85. The monoisotopic (exact) mass is 325 g/mol. The van der Waals surface area contributed by atoms with Crippen molar-refractivity contribution in [2.45, 2.75) is 40.7 Å². The Morgan fingerprint density at radius 2 is 1.50 bits per heavy atom. The Morgan fingerprint density at radius 3 is 1.86 bits per heavy atom. The van der Waals surface area contributed by atoms with Crippen molar-refractivity contribution in [2.24, 2.45) is 0 Å². The minimum absolute atomic E-state index is 0.0334. The van der Waals surface area contributed by atoms with Gasteiger partial charge in [0.05, 0.1) is 6.04 Å². The average molecular weight is 325 g/mol. The minimum Gasteiger partial charge on any atom is -0.370 e. The maximum atomic E-state index is 11.1. The Morgan fingerprint density at radius 1 is 1.05 bits per heavy atom. The van der Waals surface area contributed by atoms with E-state index in [1.54, 1.807) is 0 Å². The van der Waals surface area contributed by atoms with E-state index < -0.39 is 8.80 Å². The molecular formula is C16H27NO4Si. The summed E-state index contributed by atoms with van der Waals surface area (Å²) in [6.45, 7) is 10.9. The van der Waals surface area contributed by atoms with Gasteiger partial charge in [-0.3, -0.25) is 4.79 Å². The Labute approximate surface area is 134 Å². The lowest BCUT2D eigenvalue weighted by Crippen LogP contribution is -2.56. The van der Waals surface area contributed by atoms with E-state index in [1.807, 2.05) is 52.0 Å². The van der Waals surface area contributed by atoms with Crippen molar-refractivity contribution in [2.75, 3.05) is 19.8 Å². The van der Waals surface area contributed by atoms with E-state index in [-0.39, 0.29) is 11.9 Å². The quantitative estimate of drug-likeness (QED) is 0.707. The Kier molecular flexibility index (Phi) is 7.74. The van der Waals surface area contributed by atoms with Crippen LogP contribution in [0.3, 0.4) is 0 Å². The van der Waals surface area contributed by atoms with E-state index in [0.29, 0.717) is 19.8 Å². The van der Waals surface area contributed by atoms with Crippen molar-refractivity contribution in [1.29, 1.82) is 0 Å². The van der Waals surface area contributed by atoms with Crippen molar-refractivity contribution in [3.05, 3.63) is 29.8 Å². The van der Waals surface area contributed by atoms with Crippen molar-refractivity contribution in [3.8, 4) is 0 Å². The van der Waals surface area contributed by atoms with Crippen LogP contribution in [0.1, 0.15) is 46.2 Å². The summed E-state index contributed by atoms with van der Waals surface area (Å²) in [6.07, 6.45) is 0. The van der Waals surface area contributed by atoms with E-state index in [1.165, 1.54) is 6.92 Å². The molecule has 1 amide bonds. The lowest BCUT2D eigenvalue weighted by molar-refractivity contribution is -0.119. The molecule has 0 aromatic heterocycles. The fourth-order valence-electron chi connectivity index (χ4n) is 2.31. The molecule has 0 fully saturated rings. The van der Waals surface area contributed by atoms with Crippen LogP contribution in [0, 0.1) is 0 Å². The summed E-state index contributed by atoms with van der Waals surface area (Å²) in [5.74, 6) is -0.0433. The molecule has 0 aliphatic heterocycles. The maximum Gasteiger partial charge on any atom is 0.537 e. The van der Waals surface area contributed by atoms with Gasteiger partial charge in [0.2, 0.25) is 5.91 Å². The number of rotatable bonds is 9. The fourth-order valence-corrected chi connectivity index (χ4v) is 4.77. The first-order valence-corrected chi connectivity index (χ1v) is 9.50. The number of hydrogen-bond acceptors (Lipinski definition) is 4. The highest BCUT2D eigenvalue weighted by atomic mass is 28.4. The van der Waals surface area contributed by atoms with Crippen molar-refractivity contribution < 1.29 is 18.1 Å². The minimum atomic E-state index is -2.85. The molecule has 0 unspecified atom stereocenters. The predicted molar refractivity (Wildman–Crippen MR) is 88.9 cm³/mol. The summed E-state index contributed by atoms with van der Waals surface area (Å²) in [4.78, 5) is 11.1. The molecule has 1 rings (SSSR count). The van der Waals surface area contributed by atoms with E-state index in [2.05, 4.69) is 5.32 Å². The molecule has 0 saturated heterocycles. The lowest BCUT2D eigenvalue weighted by Gasteiger charge is -2.28. The third-order valence-corrected chi connectivity index (χ3v) is 6.23. The second kappa shape index (κ2) is 9.04. The molecule has 124 valence electrons. The smallest absolute Gasteiger partial charge is 0.370 e. The molecule has 1 N–H and O–H groups in total. The fraction of sp³-hybridized carbons (Fsp3) is 0.562. The Bertz CT molecular complexity index is 447. The standard InChI is InChI=1S/C16H27NO4Si/c1-6-19-22(20-7-2,21-8-3)16-11-9-15(10-12-16)13(4)17-14(5)18/h9-13H,6-8H2,1-5H3,(H,17,18)/t13-/m0/s1. The van der Waals surface area contributed by atoms with Crippen LogP contribution >= 0.6 is 0 Å². The van der Waals surface area contributed by atoms with Crippen LogP contribution in [0.25, 0.3) is 0 Å². The Hall–Kier alpha value is -1.21. The van der Waals surface area contributed by atoms with Gasteiger partial charge in [-0.2, -0.15) is 0 Å². The van der Waals surface area contributed by atoms with Crippen LogP contribution in [-0.4, -0.2) is 34.5 Å². The summed E-state index contributed by atoms with van der Waals surface area (Å²) >= 11 is 0. The predicted octanol–water partition coefficient (Wildman–Crippen LogP) is 2.14. The van der Waals surface area contributed by atoms with Crippen LogP contribution in [-0.2, 0) is 18.1 Å². The van der Waals surface area contributed by atoms with Crippen LogP contribution in [0.2, 0.25) is 0 Å². The molecule has 0 aliphatic rings. The van der Waals surface area contributed by atoms with Gasteiger partial charge in [0, 0.05) is 31.9 Å². The highest BCUT2D eigenvalue weighted by molar-refractivity contribution is 6.75. The van der Waals surface area contributed by atoms with Gasteiger partial charge >= 0.3 is 8.80 Å². The van der Waals surface area contributed by atoms with Gasteiger partial charge in [0.25, 0.3) is 0 Å². The number of carbonyl (C=O) groups excluding carboxylic acids is 1. The summed E-state index contributed by atoms with van der Waals surface area (Å²) in [5.41, 5.74) is 1.03. The largest absolute Gasteiger partial charge is 0.537 e. The van der Waals surface area contributed by atoms with Gasteiger partial charge in [-0.1, -0.05) is 24.3 Å². The van der Waals surface area contributed by atoms with Crippen molar-refractivity contribution in [1.82, 2.24) is 5.32 Å². The van der Waals surface area contributed by atoms with Gasteiger partial charge in [-0.25, -0.2) is 0 Å². The molecule has 0 radical (unpaired) electrons. The summed E-state index contributed by atoms with van der Waals surface area (Å²) in [6, 6.07) is 7.87. The molecule has 22 heavy (non-hydrogen) atoms. The van der Waals surface area contributed by atoms with E-state index in [0.717, 1.165) is 10.8 Å². The number of nitrogens with one attached hydrogen (secondary N) is 1. The first-order chi connectivity index (χ1) is 10.5. The number of carbonyl (C=O) groups is 1. The van der Waals surface area contributed by atoms with E-state index >= 15 is 0 Å². The summed E-state index contributed by atoms with van der Waals surface area (Å²) < 4.78 is 17.7. The van der Waals surface area contributed by atoms with E-state index in [4.69, 9.17) is 13.3 Å². The summed E-state index contributed by atoms with van der Waals surface area (Å²) in [5, 5.41) is 3.81. The van der Waals surface area contributed by atoms with Gasteiger partial charge in [-0.05, 0) is 33.3 Å². The molecule has 0 bridgehead atoms.